The average Bonchev–Trinajstić information content (AvgIpc) is 3.13. The third-order valence-corrected chi connectivity index (χ3v) is 4.92. The lowest BCUT2D eigenvalue weighted by molar-refractivity contribution is 0.220. The van der Waals surface area contributed by atoms with Gasteiger partial charge in [-0.25, -0.2) is 4.39 Å². The first kappa shape index (κ1) is 18.7. The standard InChI is InChI=1S/C22H14Cl2FNO2/c23-15-5-3-13(4-6-15)18-12-28-22(17-8-7-16(24)10-19(17)25)20(18)21(27)14-2-1-9-26-11-14/h1-12,21,27H. The van der Waals surface area contributed by atoms with Gasteiger partial charge >= 0.3 is 0 Å². The zero-order valence-corrected chi connectivity index (χ0v) is 16.0. The van der Waals surface area contributed by atoms with E-state index < -0.39 is 11.9 Å². The predicted octanol–water partition coefficient (Wildman–Crippen LogP) is 6.54. The van der Waals surface area contributed by atoms with Crippen LogP contribution < -0.4 is 0 Å². The highest BCUT2D eigenvalue weighted by Gasteiger charge is 2.26. The van der Waals surface area contributed by atoms with Crippen LogP contribution in [0, 0.1) is 5.82 Å². The Labute approximate surface area is 171 Å². The Hall–Kier alpha value is -2.66. The minimum Gasteiger partial charge on any atom is -0.463 e. The second-order valence-corrected chi connectivity index (χ2v) is 7.09. The van der Waals surface area contributed by atoms with Gasteiger partial charge in [-0.05, 0) is 42.0 Å². The maximum Gasteiger partial charge on any atom is 0.143 e. The lowest BCUT2D eigenvalue weighted by Crippen LogP contribution is -2.03. The van der Waals surface area contributed by atoms with Gasteiger partial charge in [0.15, 0.2) is 0 Å². The summed E-state index contributed by atoms with van der Waals surface area (Å²) in [5.41, 5.74) is 2.64. The normalized spacial score (nSPS) is 12.1. The van der Waals surface area contributed by atoms with Gasteiger partial charge in [0.05, 0.1) is 11.8 Å². The van der Waals surface area contributed by atoms with Crippen molar-refractivity contribution in [2.45, 2.75) is 6.10 Å². The van der Waals surface area contributed by atoms with Crippen LogP contribution >= 0.6 is 23.2 Å². The fraction of sp³-hybridized carbons (Fsp3) is 0.0455. The largest absolute Gasteiger partial charge is 0.463 e. The second kappa shape index (κ2) is 7.76. The molecule has 2 aromatic carbocycles. The van der Waals surface area contributed by atoms with Gasteiger partial charge in [0.25, 0.3) is 0 Å². The molecule has 28 heavy (non-hydrogen) atoms. The molecule has 0 bridgehead atoms. The highest BCUT2D eigenvalue weighted by atomic mass is 35.5. The molecule has 140 valence electrons. The molecule has 0 aliphatic rings. The van der Waals surface area contributed by atoms with E-state index in [0.717, 1.165) is 5.56 Å². The van der Waals surface area contributed by atoms with E-state index in [-0.39, 0.29) is 16.3 Å². The summed E-state index contributed by atoms with van der Waals surface area (Å²) in [6.45, 7) is 0. The van der Waals surface area contributed by atoms with Crippen LogP contribution in [0.5, 0.6) is 0 Å². The Kier molecular flexibility index (Phi) is 5.18. The Morgan fingerprint density at radius 2 is 1.71 bits per heavy atom. The van der Waals surface area contributed by atoms with Gasteiger partial charge in [-0.2, -0.15) is 0 Å². The van der Waals surface area contributed by atoms with Crippen molar-refractivity contribution < 1.29 is 13.9 Å². The van der Waals surface area contributed by atoms with Crippen LogP contribution in [-0.2, 0) is 0 Å². The number of pyridine rings is 1. The number of benzene rings is 2. The first-order chi connectivity index (χ1) is 13.5. The van der Waals surface area contributed by atoms with E-state index in [1.807, 2.05) is 12.1 Å². The van der Waals surface area contributed by atoms with Gasteiger partial charge in [0, 0.05) is 39.1 Å². The van der Waals surface area contributed by atoms with Crippen LogP contribution in [0.1, 0.15) is 17.2 Å². The van der Waals surface area contributed by atoms with E-state index >= 15 is 0 Å². The summed E-state index contributed by atoms with van der Waals surface area (Å²) in [5, 5.41) is 12.0. The first-order valence-corrected chi connectivity index (χ1v) is 9.21. The maximum absolute atomic E-state index is 14.6. The number of hydrogen-bond donors (Lipinski definition) is 1. The number of halogens is 3. The first-order valence-electron chi connectivity index (χ1n) is 8.45. The van der Waals surface area contributed by atoms with E-state index in [1.165, 1.54) is 18.4 Å². The third kappa shape index (κ3) is 3.54. The molecule has 0 radical (unpaired) electrons. The van der Waals surface area contributed by atoms with E-state index in [1.54, 1.807) is 42.7 Å². The van der Waals surface area contributed by atoms with Crippen molar-refractivity contribution in [3.05, 3.63) is 100 Å². The molecular formula is C22H14Cl2FNO2. The van der Waals surface area contributed by atoms with Crippen molar-refractivity contribution in [3.8, 4) is 22.5 Å². The van der Waals surface area contributed by atoms with Crippen LogP contribution in [-0.4, -0.2) is 10.1 Å². The van der Waals surface area contributed by atoms with E-state index in [4.69, 9.17) is 27.6 Å². The van der Waals surface area contributed by atoms with Gasteiger partial charge in [-0.15, -0.1) is 0 Å². The number of hydrogen-bond acceptors (Lipinski definition) is 3. The molecule has 0 spiro atoms. The van der Waals surface area contributed by atoms with E-state index in [9.17, 15) is 9.50 Å². The summed E-state index contributed by atoms with van der Waals surface area (Å²) in [6.07, 6.45) is 3.61. The fourth-order valence-electron chi connectivity index (χ4n) is 3.08. The minimum atomic E-state index is -1.07. The number of aromatic nitrogens is 1. The molecule has 6 heteroatoms. The highest BCUT2D eigenvalue weighted by Crippen LogP contribution is 2.41. The molecule has 2 aromatic heterocycles. The second-order valence-electron chi connectivity index (χ2n) is 6.21. The number of aliphatic hydroxyl groups excluding tert-OH is 1. The fourth-order valence-corrected chi connectivity index (χ4v) is 3.36. The van der Waals surface area contributed by atoms with Crippen molar-refractivity contribution in [2.75, 3.05) is 0 Å². The maximum atomic E-state index is 14.6. The molecule has 4 aromatic rings. The molecule has 0 saturated heterocycles. The molecule has 0 saturated carbocycles. The molecule has 0 aliphatic carbocycles. The number of rotatable bonds is 4. The SMILES string of the molecule is OC(c1cccnc1)c1c(-c2ccc(Cl)cc2)coc1-c1ccc(Cl)cc1F. The van der Waals surface area contributed by atoms with Crippen molar-refractivity contribution in [3.63, 3.8) is 0 Å². The van der Waals surface area contributed by atoms with Gasteiger partial charge < -0.3 is 9.52 Å². The van der Waals surface area contributed by atoms with Crippen LogP contribution in [0.3, 0.4) is 0 Å². The van der Waals surface area contributed by atoms with Gasteiger partial charge in [0.1, 0.15) is 17.7 Å². The zero-order valence-electron chi connectivity index (χ0n) is 14.4. The lowest BCUT2D eigenvalue weighted by atomic mass is 9.93. The lowest BCUT2D eigenvalue weighted by Gasteiger charge is -2.14. The molecule has 1 N–H and O–H groups in total. The smallest absolute Gasteiger partial charge is 0.143 e. The molecule has 0 amide bonds. The topological polar surface area (TPSA) is 46.3 Å². The summed E-state index contributed by atoms with van der Waals surface area (Å²) < 4.78 is 20.3. The third-order valence-electron chi connectivity index (χ3n) is 4.43. The van der Waals surface area contributed by atoms with E-state index in [2.05, 4.69) is 4.98 Å². The molecule has 1 atom stereocenters. The monoisotopic (exact) mass is 413 g/mol. The summed E-state index contributed by atoms with van der Waals surface area (Å²) in [7, 11) is 0. The Bertz CT molecular complexity index is 1110. The highest BCUT2D eigenvalue weighted by molar-refractivity contribution is 6.31. The molecule has 0 fully saturated rings. The molecule has 0 aliphatic heterocycles. The van der Waals surface area contributed by atoms with Crippen molar-refractivity contribution in [1.82, 2.24) is 4.98 Å². The molecule has 1 unspecified atom stereocenters. The van der Waals surface area contributed by atoms with Gasteiger partial charge in [-0.1, -0.05) is 41.4 Å². The number of nitrogens with zero attached hydrogens (tertiary/aromatic N) is 1. The molecular weight excluding hydrogens is 400 g/mol. The predicted molar refractivity (Wildman–Crippen MR) is 108 cm³/mol. The molecule has 2 heterocycles. The van der Waals surface area contributed by atoms with Crippen LogP contribution in [0.25, 0.3) is 22.5 Å². The minimum absolute atomic E-state index is 0.211. The summed E-state index contributed by atoms with van der Waals surface area (Å²) in [4.78, 5) is 4.06. The Balaban J connectivity index is 1.93. The van der Waals surface area contributed by atoms with Crippen LogP contribution in [0.15, 0.2) is 77.7 Å². The quantitative estimate of drug-likeness (QED) is 0.413. The summed E-state index contributed by atoms with van der Waals surface area (Å²) in [5.74, 6) is -0.306. The van der Waals surface area contributed by atoms with Crippen LogP contribution in [0.2, 0.25) is 10.0 Å². The van der Waals surface area contributed by atoms with Crippen molar-refractivity contribution in [2.24, 2.45) is 0 Å². The van der Waals surface area contributed by atoms with Crippen molar-refractivity contribution >= 4 is 23.2 Å². The number of aliphatic hydroxyl groups is 1. The van der Waals surface area contributed by atoms with Crippen molar-refractivity contribution in [1.29, 1.82) is 0 Å². The summed E-state index contributed by atoms with van der Waals surface area (Å²) in [6, 6.07) is 14.9. The average molecular weight is 414 g/mol. The zero-order chi connectivity index (χ0) is 19.7. The molecule has 4 rings (SSSR count). The Morgan fingerprint density at radius 1 is 0.964 bits per heavy atom. The van der Waals surface area contributed by atoms with Crippen LogP contribution in [0.4, 0.5) is 4.39 Å². The summed E-state index contributed by atoms with van der Waals surface area (Å²) >= 11 is 11.9. The Morgan fingerprint density at radius 3 is 2.39 bits per heavy atom. The van der Waals surface area contributed by atoms with Gasteiger partial charge in [0.2, 0.25) is 0 Å². The number of furan rings is 1. The van der Waals surface area contributed by atoms with E-state index in [0.29, 0.717) is 21.7 Å². The molecule has 3 nitrogen and oxygen atoms in total. The van der Waals surface area contributed by atoms with Gasteiger partial charge in [-0.3, -0.25) is 4.98 Å².